The molecule has 1 N–H and O–H groups in total. The monoisotopic (exact) mass is 271 g/mol. The minimum absolute atomic E-state index is 0.0158. The predicted molar refractivity (Wildman–Crippen MR) is 81.6 cm³/mol. The minimum atomic E-state index is 0.0158. The second-order valence-electron chi connectivity index (χ2n) is 4.17. The molecule has 0 radical (unpaired) electrons. The fraction of sp³-hybridized carbons (Fsp3) is 0.188. The molecule has 0 aliphatic heterocycles. The maximum Gasteiger partial charge on any atom is 0.228 e. The Morgan fingerprint density at radius 1 is 1.05 bits per heavy atom. The molecule has 2 rings (SSSR count). The van der Waals surface area contributed by atoms with Crippen LogP contribution in [0.25, 0.3) is 0 Å². The SMILES string of the molecule is CCSc1ccc(CC(=O)Nc2ccccc2)cc1. The zero-order valence-corrected chi connectivity index (χ0v) is 11.7. The van der Waals surface area contributed by atoms with Crippen LogP contribution in [0.4, 0.5) is 5.69 Å². The molecule has 0 atom stereocenters. The van der Waals surface area contributed by atoms with E-state index in [0.29, 0.717) is 6.42 Å². The van der Waals surface area contributed by atoms with Gasteiger partial charge < -0.3 is 5.32 Å². The molecule has 0 heterocycles. The van der Waals surface area contributed by atoms with Crippen LogP contribution in [0.2, 0.25) is 0 Å². The lowest BCUT2D eigenvalue weighted by molar-refractivity contribution is -0.115. The molecule has 2 aromatic rings. The summed E-state index contributed by atoms with van der Waals surface area (Å²) >= 11 is 1.80. The van der Waals surface area contributed by atoms with E-state index in [0.717, 1.165) is 17.0 Å². The third kappa shape index (κ3) is 4.45. The number of carbonyl (C=O) groups is 1. The van der Waals surface area contributed by atoms with Gasteiger partial charge in [0.2, 0.25) is 5.91 Å². The average Bonchev–Trinajstić information content (AvgIpc) is 2.42. The Labute approximate surface area is 118 Å². The van der Waals surface area contributed by atoms with Crippen molar-refractivity contribution in [2.75, 3.05) is 11.1 Å². The van der Waals surface area contributed by atoms with Crippen molar-refractivity contribution in [1.29, 1.82) is 0 Å². The highest BCUT2D eigenvalue weighted by molar-refractivity contribution is 7.99. The van der Waals surface area contributed by atoms with Gasteiger partial charge in [0.1, 0.15) is 0 Å². The van der Waals surface area contributed by atoms with Gasteiger partial charge in [-0.3, -0.25) is 4.79 Å². The van der Waals surface area contributed by atoms with Crippen LogP contribution in [0, 0.1) is 0 Å². The number of thioether (sulfide) groups is 1. The molecule has 0 fully saturated rings. The summed E-state index contributed by atoms with van der Waals surface area (Å²) in [5.74, 6) is 1.08. The molecular formula is C16H17NOS. The molecule has 0 spiro atoms. The molecule has 98 valence electrons. The molecule has 0 saturated heterocycles. The zero-order chi connectivity index (χ0) is 13.5. The molecule has 3 heteroatoms. The summed E-state index contributed by atoms with van der Waals surface area (Å²) in [5.41, 5.74) is 1.87. The largest absolute Gasteiger partial charge is 0.326 e. The minimum Gasteiger partial charge on any atom is -0.326 e. The smallest absolute Gasteiger partial charge is 0.228 e. The second-order valence-corrected chi connectivity index (χ2v) is 5.51. The fourth-order valence-electron chi connectivity index (χ4n) is 1.78. The van der Waals surface area contributed by atoms with E-state index >= 15 is 0 Å². The van der Waals surface area contributed by atoms with E-state index in [4.69, 9.17) is 0 Å². The normalized spacial score (nSPS) is 10.2. The first-order chi connectivity index (χ1) is 9.28. The maximum atomic E-state index is 11.9. The lowest BCUT2D eigenvalue weighted by Crippen LogP contribution is -2.14. The number of nitrogens with one attached hydrogen (secondary N) is 1. The Morgan fingerprint density at radius 2 is 1.74 bits per heavy atom. The molecule has 0 aliphatic carbocycles. The van der Waals surface area contributed by atoms with E-state index in [2.05, 4.69) is 24.4 Å². The number of anilines is 1. The highest BCUT2D eigenvalue weighted by Gasteiger charge is 2.03. The Balaban J connectivity index is 1.91. The summed E-state index contributed by atoms with van der Waals surface area (Å²) in [6, 6.07) is 17.7. The standard InChI is InChI=1S/C16H17NOS/c1-2-19-15-10-8-13(9-11-15)12-16(18)17-14-6-4-3-5-7-14/h3-11H,2,12H2,1H3,(H,17,18). The lowest BCUT2D eigenvalue weighted by Gasteiger charge is -2.05. The molecular weight excluding hydrogens is 254 g/mol. The van der Waals surface area contributed by atoms with Gasteiger partial charge in [0.25, 0.3) is 0 Å². The van der Waals surface area contributed by atoms with Gasteiger partial charge in [0.05, 0.1) is 6.42 Å². The van der Waals surface area contributed by atoms with Gasteiger partial charge in [-0.2, -0.15) is 0 Å². The molecule has 0 aromatic heterocycles. The van der Waals surface area contributed by atoms with Gasteiger partial charge >= 0.3 is 0 Å². The number of benzene rings is 2. The summed E-state index contributed by atoms with van der Waals surface area (Å²) < 4.78 is 0. The third-order valence-electron chi connectivity index (χ3n) is 2.66. The topological polar surface area (TPSA) is 29.1 Å². The van der Waals surface area contributed by atoms with Crippen molar-refractivity contribution in [3.63, 3.8) is 0 Å². The van der Waals surface area contributed by atoms with Crippen LogP contribution in [-0.4, -0.2) is 11.7 Å². The van der Waals surface area contributed by atoms with Crippen molar-refractivity contribution in [2.24, 2.45) is 0 Å². The van der Waals surface area contributed by atoms with E-state index in [1.54, 1.807) is 11.8 Å². The number of rotatable bonds is 5. The van der Waals surface area contributed by atoms with Crippen LogP contribution in [0.1, 0.15) is 12.5 Å². The van der Waals surface area contributed by atoms with Gasteiger partial charge in [0.15, 0.2) is 0 Å². The van der Waals surface area contributed by atoms with E-state index < -0.39 is 0 Å². The van der Waals surface area contributed by atoms with Gasteiger partial charge in [-0.15, -0.1) is 11.8 Å². The summed E-state index contributed by atoms with van der Waals surface area (Å²) in [5, 5.41) is 2.89. The van der Waals surface area contributed by atoms with Gasteiger partial charge in [-0.25, -0.2) is 0 Å². The van der Waals surface area contributed by atoms with Crippen LogP contribution in [0.3, 0.4) is 0 Å². The summed E-state index contributed by atoms with van der Waals surface area (Å²) in [6.07, 6.45) is 0.409. The Bertz CT molecular complexity index is 522. The van der Waals surface area contributed by atoms with Crippen molar-refractivity contribution in [3.05, 3.63) is 60.2 Å². The van der Waals surface area contributed by atoms with Crippen molar-refractivity contribution >= 4 is 23.4 Å². The Hall–Kier alpha value is -1.74. The molecule has 19 heavy (non-hydrogen) atoms. The van der Waals surface area contributed by atoms with E-state index in [9.17, 15) is 4.79 Å². The number of hydrogen-bond acceptors (Lipinski definition) is 2. The molecule has 2 nitrogen and oxygen atoms in total. The van der Waals surface area contributed by atoms with Crippen molar-refractivity contribution < 1.29 is 4.79 Å². The van der Waals surface area contributed by atoms with Gasteiger partial charge in [-0.05, 0) is 35.6 Å². The highest BCUT2D eigenvalue weighted by Crippen LogP contribution is 2.18. The molecule has 2 aromatic carbocycles. The van der Waals surface area contributed by atoms with E-state index in [1.807, 2.05) is 42.5 Å². The number of amides is 1. The van der Waals surface area contributed by atoms with Crippen molar-refractivity contribution in [3.8, 4) is 0 Å². The first-order valence-electron chi connectivity index (χ1n) is 6.34. The van der Waals surface area contributed by atoms with Crippen LogP contribution in [-0.2, 0) is 11.2 Å². The zero-order valence-electron chi connectivity index (χ0n) is 10.9. The summed E-state index contributed by atoms with van der Waals surface area (Å²) in [7, 11) is 0. The predicted octanol–water partition coefficient (Wildman–Crippen LogP) is 3.98. The van der Waals surface area contributed by atoms with Gasteiger partial charge in [0, 0.05) is 10.6 Å². The first kappa shape index (κ1) is 13.7. The highest BCUT2D eigenvalue weighted by atomic mass is 32.2. The molecule has 0 unspecified atom stereocenters. The molecule has 0 aliphatic rings. The Kier molecular flexibility index (Phi) is 5.04. The number of para-hydroxylation sites is 1. The van der Waals surface area contributed by atoms with Crippen molar-refractivity contribution in [2.45, 2.75) is 18.2 Å². The quantitative estimate of drug-likeness (QED) is 0.833. The lowest BCUT2D eigenvalue weighted by atomic mass is 10.1. The van der Waals surface area contributed by atoms with Crippen molar-refractivity contribution in [1.82, 2.24) is 0 Å². The van der Waals surface area contributed by atoms with Crippen LogP contribution >= 0.6 is 11.8 Å². The summed E-state index contributed by atoms with van der Waals surface area (Å²) in [4.78, 5) is 13.1. The molecule has 1 amide bonds. The van der Waals surface area contributed by atoms with E-state index in [1.165, 1.54) is 4.90 Å². The van der Waals surface area contributed by atoms with Gasteiger partial charge in [-0.1, -0.05) is 37.3 Å². The van der Waals surface area contributed by atoms with Crippen LogP contribution < -0.4 is 5.32 Å². The Morgan fingerprint density at radius 3 is 2.37 bits per heavy atom. The maximum absolute atomic E-state index is 11.9. The second kappa shape index (κ2) is 7.00. The molecule has 0 saturated carbocycles. The third-order valence-corrected chi connectivity index (χ3v) is 3.55. The van der Waals surface area contributed by atoms with Crippen LogP contribution in [0.5, 0.6) is 0 Å². The molecule has 0 bridgehead atoms. The first-order valence-corrected chi connectivity index (χ1v) is 7.33. The van der Waals surface area contributed by atoms with E-state index in [-0.39, 0.29) is 5.91 Å². The summed E-state index contributed by atoms with van der Waals surface area (Å²) in [6.45, 7) is 2.13. The number of hydrogen-bond donors (Lipinski definition) is 1. The average molecular weight is 271 g/mol. The van der Waals surface area contributed by atoms with Crippen LogP contribution in [0.15, 0.2) is 59.5 Å². The number of carbonyl (C=O) groups excluding carboxylic acids is 1. The fourth-order valence-corrected chi connectivity index (χ4v) is 2.44.